The van der Waals surface area contributed by atoms with Gasteiger partial charge in [-0.1, -0.05) is 23.7 Å². The molecule has 5 heteroatoms. The summed E-state index contributed by atoms with van der Waals surface area (Å²) in [5.41, 5.74) is 6.61. The van der Waals surface area contributed by atoms with Gasteiger partial charge in [0.1, 0.15) is 5.82 Å². The molecule has 0 bridgehead atoms. The van der Waals surface area contributed by atoms with Gasteiger partial charge in [0.05, 0.1) is 6.54 Å². The first-order valence-corrected chi connectivity index (χ1v) is 6.55. The van der Waals surface area contributed by atoms with Crippen LogP contribution in [0.25, 0.3) is 0 Å². The lowest BCUT2D eigenvalue weighted by Crippen LogP contribution is -2.32. The minimum atomic E-state index is -0.319. The topological polar surface area (TPSA) is 50.4 Å². The molecule has 1 fully saturated rings. The van der Waals surface area contributed by atoms with Crippen molar-refractivity contribution in [1.82, 2.24) is 5.32 Å². The predicted molar refractivity (Wildman–Crippen MR) is 77.0 cm³/mol. The maximum atomic E-state index is 13.1. The highest BCUT2D eigenvalue weighted by molar-refractivity contribution is 6.31. The Morgan fingerprint density at radius 3 is 2.89 bits per heavy atom. The van der Waals surface area contributed by atoms with Crippen LogP contribution in [0.3, 0.4) is 0 Å². The lowest BCUT2D eigenvalue weighted by atomic mass is 9.96. The smallest absolute Gasteiger partial charge is 0.188 e. The largest absolute Gasteiger partial charge is 0.370 e. The Morgan fingerprint density at radius 2 is 2.32 bits per heavy atom. The highest BCUT2D eigenvalue weighted by Crippen LogP contribution is 2.50. The van der Waals surface area contributed by atoms with Gasteiger partial charge < -0.3 is 11.1 Å². The molecule has 3 nitrogen and oxygen atoms in total. The third kappa shape index (κ3) is 3.26. The quantitative estimate of drug-likeness (QED) is 0.495. The third-order valence-corrected chi connectivity index (χ3v) is 3.65. The number of hydrogen-bond donors (Lipinski definition) is 2. The molecule has 2 rings (SSSR count). The second-order valence-corrected chi connectivity index (χ2v) is 5.18. The molecule has 1 aromatic carbocycles. The summed E-state index contributed by atoms with van der Waals surface area (Å²) in [4.78, 5) is 4.32. The van der Waals surface area contributed by atoms with E-state index in [9.17, 15) is 4.39 Å². The van der Waals surface area contributed by atoms with Crippen LogP contribution in [0.15, 0.2) is 35.8 Å². The molecule has 1 saturated carbocycles. The van der Waals surface area contributed by atoms with Crippen molar-refractivity contribution >= 4 is 17.6 Å². The molecular formula is C14H17ClFN3. The summed E-state index contributed by atoms with van der Waals surface area (Å²) >= 11 is 6.10. The fraction of sp³-hybridized carbons (Fsp3) is 0.357. The summed E-state index contributed by atoms with van der Waals surface area (Å²) in [6.07, 6.45) is 3.71. The molecule has 1 aliphatic carbocycles. The SMILES string of the molecule is C=CCNC(N)=NCC1(c2ccc(F)cc2Cl)CC1. The molecule has 1 aromatic rings. The lowest BCUT2D eigenvalue weighted by molar-refractivity contribution is 0.623. The van der Waals surface area contributed by atoms with E-state index >= 15 is 0 Å². The second-order valence-electron chi connectivity index (χ2n) is 4.78. The molecule has 0 heterocycles. The average Bonchev–Trinajstić information content (AvgIpc) is 3.15. The van der Waals surface area contributed by atoms with Crippen molar-refractivity contribution in [1.29, 1.82) is 0 Å². The van der Waals surface area contributed by atoms with Crippen LogP contribution in [-0.4, -0.2) is 19.0 Å². The first-order valence-electron chi connectivity index (χ1n) is 6.18. The molecule has 0 saturated heterocycles. The van der Waals surface area contributed by atoms with Gasteiger partial charge in [0, 0.05) is 17.0 Å². The standard InChI is InChI=1S/C14H17ClFN3/c1-2-7-18-13(17)19-9-14(5-6-14)11-4-3-10(16)8-12(11)15/h2-4,8H,1,5-7,9H2,(H3,17,18,19). The molecular weight excluding hydrogens is 265 g/mol. The Kier molecular flexibility index (Phi) is 4.10. The number of hydrogen-bond acceptors (Lipinski definition) is 1. The third-order valence-electron chi connectivity index (χ3n) is 3.34. The zero-order chi connectivity index (χ0) is 13.9. The summed E-state index contributed by atoms with van der Waals surface area (Å²) in [7, 11) is 0. The van der Waals surface area contributed by atoms with Gasteiger partial charge in [0.15, 0.2) is 5.96 Å². The van der Waals surface area contributed by atoms with E-state index in [1.165, 1.54) is 12.1 Å². The number of guanidine groups is 1. The predicted octanol–water partition coefficient (Wildman–Crippen LogP) is 2.60. The van der Waals surface area contributed by atoms with Gasteiger partial charge in [-0.3, -0.25) is 4.99 Å². The van der Waals surface area contributed by atoms with E-state index in [2.05, 4.69) is 16.9 Å². The first kappa shape index (κ1) is 13.9. The monoisotopic (exact) mass is 281 g/mol. The van der Waals surface area contributed by atoms with E-state index in [0.29, 0.717) is 24.1 Å². The number of nitrogens with one attached hydrogen (secondary N) is 1. The molecule has 19 heavy (non-hydrogen) atoms. The van der Waals surface area contributed by atoms with Crippen molar-refractivity contribution in [3.05, 3.63) is 47.3 Å². The van der Waals surface area contributed by atoms with Crippen molar-refractivity contribution in [2.45, 2.75) is 18.3 Å². The van der Waals surface area contributed by atoms with Crippen LogP contribution in [-0.2, 0) is 5.41 Å². The second kappa shape index (κ2) is 5.61. The molecule has 0 unspecified atom stereocenters. The van der Waals surface area contributed by atoms with E-state index in [1.54, 1.807) is 12.1 Å². The Balaban J connectivity index is 2.09. The van der Waals surface area contributed by atoms with Crippen molar-refractivity contribution in [3.8, 4) is 0 Å². The van der Waals surface area contributed by atoms with E-state index in [1.807, 2.05) is 0 Å². The highest BCUT2D eigenvalue weighted by atomic mass is 35.5. The fourth-order valence-electron chi connectivity index (χ4n) is 2.05. The summed E-state index contributed by atoms with van der Waals surface area (Å²) < 4.78 is 13.1. The van der Waals surface area contributed by atoms with Crippen LogP contribution in [0.2, 0.25) is 5.02 Å². The van der Waals surface area contributed by atoms with Gasteiger partial charge in [-0.15, -0.1) is 6.58 Å². The van der Waals surface area contributed by atoms with Crippen LogP contribution in [0.4, 0.5) is 4.39 Å². The molecule has 0 spiro atoms. The molecule has 3 N–H and O–H groups in total. The molecule has 0 aliphatic heterocycles. The van der Waals surface area contributed by atoms with Crippen LogP contribution in [0, 0.1) is 5.82 Å². The molecule has 0 aromatic heterocycles. The van der Waals surface area contributed by atoms with Crippen molar-refractivity contribution in [2.75, 3.05) is 13.1 Å². The van der Waals surface area contributed by atoms with Gasteiger partial charge >= 0.3 is 0 Å². The highest BCUT2D eigenvalue weighted by Gasteiger charge is 2.45. The number of benzene rings is 1. The average molecular weight is 282 g/mol. The number of aliphatic imine (C=N–C) groups is 1. The number of nitrogens with two attached hydrogens (primary N) is 1. The zero-order valence-corrected chi connectivity index (χ0v) is 11.4. The van der Waals surface area contributed by atoms with Crippen LogP contribution in [0.5, 0.6) is 0 Å². The van der Waals surface area contributed by atoms with Gasteiger partial charge in [0.25, 0.3) is 0 Å². The fourth-order valence-corrected chi connectivity index (χ4v) is 2.42. The molecule has 102 valence electrons. The minimum absolute atomic E-state index is 0.0781. The number of halogens is 2. The molecule has 0 amide bonds. The maximum absolute atomic E-state index is 13.1. The van der Waals surface area contributed by atoms with Gasteiger partial charge in [0.2, 0.25) is 0 Å². The minimum Gasteiger partial charge on any atom is -0.370 e. The van der Waals surface area contributed by atoms with E-state index in [4.69, 9.17) is 17.3 Å². The van der Waals surface area contributed by atoms with Crippen molar-refractivity contribution < 1.29 is 4.39 Å². The lowest BCUT2D eigenvalue weighted by Gasteiger charge is -2.15. The number of nitrogens with zero attached hydrogens (tertiary/aromatic N) is 1. The van der Waals surface area contributed by atoms with E-state index in [-0.39, 0.29) is 11.2 Å². The summed E-state index contributed by atoms with van der Waals surface area (Å²) in [6, 6.07) is 4.53. The van der Waals surface area contributed by atoms with Crippen LogP contribution < -0.4 is 11.1 Å². The van der Waals surface area contributed by atoms with E-state index < -0.39 is 0 Å². The normalized spacial score (nSPS) is 17.1. The molecule has 0 atom stereocenters. The number of rotatable bonds is 5. The van der Waals surface area contributed by atoms with Gasteiger partial charge in [-0.2, -0.15) is 0 Å². The van der Waals surface area contributed by atoms with Crippen LogP contribution >= 0.6 is 11.6 Å². The molecule has 0 radical (unpaired) electrons. The summed E-state index contributed by atoms with van der Waals surface area (Å²) in [6.45, 7) is 4.74. The Bertz CT molecular complexity index is 509. The zero-order valence-electron chi connectivity index (χ0n) is 10.6. The first-order chi connectivity index (χ1) is 9.07. The van der Waals surface area contributed by atoms with Crippen molar-refractivity contribution in [2.24, 2.45) is 10.7 Å². The molecule has 1 aliphatic rings. The van der Waals surface area contributed by atoms with Crippen molar-refractivity contribution in [3.63, 3.8) is 0 Å². The Morgan fingerprint density at radius 1 is 1.58 bits per heavy atom. The Labute approximate surface area is 117 Å². The Hall–Kier alpha value is -1.55. The van der Waals surface area contributed by atoms with Gasteiger partial charge in [-0.05, 0) is 30.5 Å². The van der Waals surface area contributed by atoms with E-state index in [0.717, 1.165) is 18.4 Å². The maximum Gasteiger partial charge on any atom is 0.188 e. The van der Waals surface area contributed by atoms with Gasteiger partial charge in [-0.25, -0.2) is 4.39 Å². The summed E-state index contributed by atoms with van der Waals surface area (Å²) in [5.74, 6) is 0.0737. The summed E-state index contributed by atoms with van der Waals surface area (Å²) in [5, 5.41) is 3.39. The van der Waals surface area contributed by atoms with Crippen LogP contribution in [0.1, 0.15) is 18.4 Å².